The van der Waals surface area contributed by atoms with Crippen molar-refractivity contribution in [3.63, 3.8) is 0 Å². The number of ketones is 1. The van der Waals surface area contributed by atoms with E-state index in [0.717, 1.165) is 12.8 Å². The molecule has 1 aromatic carbocycles. The first-order valence-corrected chi connectivity index (χ1v) is 6.84. The summed E-state index contributed by atoms with van der Waals surface area (Å²) in [6, 6.07) is 8.33. The molecule has 0 unspecified atom stereocenters. The first-order valence-electron chi connectivity index (χ1n) is 6.84. The molecule has 1 aliphatic carbocycles. The van der Waals surface area contributed by atoms with E-state index in [2.05, 4.69) is 25.1 Å². The van der Waals surface area contributed by atoms with Crippen molar-refractivity contribution in [3.8, 4) is 0 Å². The molecule has 0 aromatic heterocycles. The van der Waals surface area contributed by atoms with Crippen molar-refractivity contribution < 1.29 is 4.79 Å². The molecule has 1 aliphatic rings. The van der Waals surface area contributed by atoms with E-state index in [-0.39, 0.29) is 0 Å². The smallest absolute Gasteiger partial charge is 0.140 e. The van der Waals surface area contributed by atoms with Crippen molar-refractivity contribution in [2.75, 3.05) is 0 Å². The number of benzene rings is 1. The molecule has 0 radical (unpaired) electrons. The lowest BCUT2D eigenvalue weighted by molar-refractivity contribution is -0.122. The fourth-order valence-corrected chi connectivity index (χ4v) is 2.77. The zero-order chi connectivity index (χ0) is 12.1. The summed E-state index contributed by atoms with van der Waals surface area (Å²) in [7, 11) is 0. The maximum absolute atomic E-state index is 12.2. The molecule has 0 aliphatic heterocycles. The lowest BCUT2D eigenvalue weighted by Crippen LogP contribution is -2.16. The lowest BCUT2D eigenvalue weighted by atomic mass is 9.91. The van der Waals surface area contributed by atoms with E-state index in [0.29, 0.717) is 18.1 Å². The molecule has 1 saturated carbocycles. The molecular weight excluding hydrogens is 208 g/mol. The van der Waals surface area contributed by atoms with E-state index in [1.165, 1.54) is 36.8 Å². The summed E-state index contributed by atoms with van der Waals surface area (Å²) in [4.78, 5) is 12.2. The van der Waals surface area contributed by atoms with E-state index >= 15 is 0 Å². The van der Waals surface area contributed by atoms with Crippen molar-refractivity contribution in [1.82, 2.24) is 0 Å². The lowest BCUT2D eigenvalue weighted by Gasteiger charge is -2.12. The summed E-state index contributed by atoms with van der Waals surface area (Å²) in [6.07, 6.45) is 7.97. The summed E-state index contributed by atoms with van der Waals surface area (Å²) in [5, 5.41) is 0. The molecule has 1 aromatic rings. The molecule has 0 atom stereocenters. The Labute approximate surface area is 104 Å². The van der Waals surface area contributed by atoms with Gasteiger partial charge < -0.3 is 0 Å². The molecule has 1 nitrogen and oxygen atoms in total. The predicted molar refractivity (Wildman–Crippen MR) is 71.1 cm³/mol. The summed E-state index contributed by atoms with van der Waals surface area (Å²) in [6.45, 7) is 2.08. The van der Waals surface area contributed by atoms with Crippen LogP contribution in [0.3, 0.4) is 0 Å². The van der Waals surface area contributed by atoms with Gasteiger partial charge in [0.2, 0.25) is 0 Å². The van der Waals surface area contributed by atoms with Crippen LogP contribution in [0.4, 0.5) is 0 Å². The zero-order valence-corrected chi connectivity index (χ0v) is 10.7. The number of hydrogen-bond acceptors (Lipinski definition) is 1. The average Bonchev–Trinajstić information content (AvgIpc) is 2.57. The van der Waals surface area contributed by atoms with Crippen LogP contribution < -0.4 is 0 Å². The summed E-state index contributed by atoms with van der Waals surface area (Å²) in [5.74, 6) is 0.788. The van der Waals surface area contributed by atoms with E-state index in [1.807, 2.05) is 6.07 Å². The topological polar surface area (TPSA) is 17.1 Å². The number of aryl methyl sites for hydroxylation is 1. The van der Waals surface area contributed by atoms with Gasteiger partial charge in [0, 0.05) is 12.3 Å². The van der Waals surface area contributed by atoms with Gasteiger partial charge in [0.05, 0.1) is 0 Å². The molecule has 17 heavy (non-hydrogen) atoms. The van der Waals surface area contributed by atoms with Gasteiger partial charge in [-0.15, -0.1) is 0 Å². The first-order chi connectivity index (χ1) is 8.25. The van der Waals surface area contributed by atoms with Crippen molar-refractivity contribution in [2.24, 2.45) is 5.92 Å². The third-order valence-corrected chi connectivity index (χ3v) is 3.77. The first kappa shape index (κ1) is 12.3. The number of carbonyl (C=O) groups excluding carboxylic acids is 1. The summed E-state index contributed by atoms with van der Waals surface area (Å²) in [5.41, 5.74) is 2.43. The van der Waals surface area contributed by atoms with Crippen LogP contribution in [0, 0.1) is 12.8 Å². The van der Waals surface area contributed by atoms with Gasteiger partial charge >= 0.3 is 0 Å². The van der Waals surface area contributed by atoms with Crippen molar-refractivity contribution >= 4 is 5.78 Å². The van der Waals surface area contributed by atoms with Crippen molar-refractivity contribution in [1.29, 1.82) is 0 Å². The Kier molecular flexibility index (Phi) is 4.36. The molecule has 0 amide bonds. The van der Waals surface area contributed by atoms with E-state index in [9.17, 15) is 4.79 Å². The Bertz CT molecular complexity index is 373. The van der Waals surface area contributed by atoms with E-state index < -0.39 is 0 Å². The third-order valence-electron chi connectivity index (χ3n) is 3.77. The number of hydrogen-bond donors (Lipinski definition) is 0. The highest BCUT2D eigenvalue weighted by Crippen LogP contribution is 2.24. The Hall–Kier alpha value is -1.11. The molecule has 0 saturated heterocycles. The zero-order valence-electron chi connectivity index (χ0n) is 10.7. The van der Waals surface area contributed by atoms with Gasteiger partial charge in [-0.2, -0.15) is 0 Å². The quantitative estimate of drug-likeness (QED) is 0.715. The van der Waals surface area contributed by atoms with Gasteiger partial charge in [0.15, 0.2) is 0 Å². The van der Waals surface area contributed by atoms with Gasteiger partial charge in [-0.05, 0) is 25.3 Å². The maximum Gasteiger partial charge on any atom is 0.140 e. The number of Topliss-reactive ketones (excluding diaryl/α,β-unsaturated/α-hetero) is 1. The number of rotatable bonds is 3. The van der Waals surface area contributed by atoms with Crippen molar-refractivity contribution in [3.05, 3.63) is 35.4 Å². The third kappa shape index (κ3) is 3.69. The van der Waals surface area contributed by atoms with Crippen LogP contribution in [0.15, 0.2) is 24.3 Å². The summed E-state index contributed by atoms with van der Waals surface area (Å²) >= 11 is 0. The molecule has 0 heterocycles. The van der Waals surface area contributed by atoms with Gasteiger partial charge in [-0.1, -0.05) is 55.5 Å². The van der Waals surface area contributed by atoms with Crippen LogP contribution >= 0.6 is 0 Å². The van der Waals surface area contributed by atoms with Gasteiger partial charge in [0.25, 0.3) is 0 Å². The molecular formula is C16H22O. The molecule has 0 spiro atoms. The van der Waals surface area contributed by atoms with Gasteiger partial charge in [-0.3, -0.25) is 4.79 Å². The normalized spacial score (nSPS) is 17.7. The van der Waals surface area contributed by atoms with Crippen LogP contribution in [0.5, 0.6) is 0 Å². The van der Waals surface area contributed by atoms with Gasteiger partial charge in [-0.25, -0.2) is 0 Å². The minimum atomic E-state index is 0.331. The average molecular weight is 230 g/mol. The highest BCUT2D eigenvalue weighted by Gasteiger charge is 2.19. The molecule has 1 fully saturated rings. The SMILES string of the molecule is Cc1cccc(CC(=O)C2CCCCCC2)c1. The van der Waals surface area contributed by atoms with Crippen LogP contribution in [-0.4, -0.2) is 5.78 Å². The molecule has 0 bridgehead atoms. The maximum atomic E-state index is 12.2. The van der Waals surface area contributed by atoms with Gasteiger partial charge in [0.1, 0.15) is 5.78 Å². The fourth-order valence-electron chi connectivity index (χ4n) is 2.77. The van der Waals surface area contributed by atoms with Crippen molar-refractivity contribution in [2.45, 2.75) is 51.9 Å². The van der Waals surface area contributed by atoms with Crippen LogP contribution in [0.2, 0.25) is 0 Å². The second-order valence-electron chi connectivity index (χ2n) is 5.32. The fraction of sp³-hybridized carbons (Fsp3) is 0.562. The number of carbonyl (C=O) groups is 1. The van der Waals surface area contributed by atoms with E-state index in [1.54, 1.807) is 0 Å². The van der Waals surface area contributed by atoms with E-state index in [4.69, 9.17) is 0 Å². The molecule has 1 heteroatoms. The highest BCUT2D eigenvalue weighted by molar-refractivity contribution is 5.83. The second-order valence-corrected chi connectivity index (χ2v) is 5.32. The van der Waals surface area contributed by atoms with Crippen LogP contribution in [-0.2, 0) is 11.2 Å². The standard InChI is InChI=1S/C16H22O/c1-13-7-6-8-14(11-13)12-16(17)15-9-4-2-3-5-10-15/h6-8,11,15H,2-5,9-10,12H2,1H3. The van der Waals surface area contributed by atoms with Crippen LogP contribution in [0.25, 0.3) is 0 Å². The minimum Gasteiger partial charge on any atom is -0.299 e. The Morgan fingerprint density at radius 2 is 1.88 bits per heavy atom. The Balaban J connectivity index is 1.95. The Morgan fingerprint density at radius 3 is 2.53 bits per heavy atom. The largest absolute Gasteiger partial charge is 0.299 e. The minimum absolute atomic E-state index is 0.331. The molecule has 2 rings (SSSR count). The highest BCUT2D eigenvalue weighted by atomic mass is 16.1. The molecule has 0 N–H and O–H groups in total. The van der Waals surface area contributed by atoms with Crippen LogP contribution in [0.1, 0.15) is 49.7 Å². The summed E-state index contributed by atoms with van der Waals surface area (Å²) < 4.78 is 0. The Morgan fingerprint density at radius 1 is 1.18 bits per heavy atom. The monoisotopic (exact) mass is 230 g/mol. The molecule has 92 valence electrons. The predicted octanol–water partition coefficient (Wildman–Crippen LogP) is 4.08. The second kappa shape index (κ2) is 6.00.